The minimum Gasteiger partial charge on any atom is -0.497 e. The Hall–Kier alpha value is -3.72. The number of hydrogen-bond donors (Lipinski definition) is 1. The number of carbonyl (C=O) groups excluding carboxylic acids is 2. The van der Waals surface area contributed by atoms with Crippen LogP contribution in [0.25, 0.3) is 5.69 Å². The number of hydrogen-bond acceptors (Lipinski definition) is 7. The molecule has 0 bridgehead atoms. The summed E-state index contributed by atoms with van der Waals surface area (Å²) < 4.78 is 16.9. The third-order valence-electron chi connectivity index (χ3n) is 4.23. The topological polar surface area (TPSA) is 105 Å². The fourth-order valence-electron chi connectivity index (χ4n) is 2.77. The second-order valence-corrected chi connectivity index (χ2v) is 6.18. The molecule has 0 radical (unpaired) electrons. The number of ether oxygens (including phenoxy) is 3. The Morgan fingerprint density at radius 1 is 1.03 bits per heavy atom. The van der Waals surface area contributed by atoms with Gasteiger partial charge in [0.15, 0.2) is 5.69 Å². The Bertz CT molecular complexity index is 1010. The highest BCUT2D eigenvalue weighted by Crippen LogP contribution is 2.19. The number of nitrogens with one attached hydrogen (secondary N) is 1. The zero-order valence-corrected chi connectivity index (χ0v) is 16.9. The van der Waals surface area contributed by atoms with Gasteiger partial charge in [-0.05, 0) is 55.5 Å². The lowest BCUT2D eigenvalue weighted by Gasteiger charge is -2.09. The third kappa shape index (κ3) is 4.64. The maximum Gasteiger partial charge on any atom is 0.338 e. The van der Waals surface area contributed by atoms with Gasteiger partial charge < -0.3 is 19.5 Å². The summed E-state index contributed by atoms with van der Waals surface area (Å²) >= 11 is 0. The first-order chi connectivity index (χ1) is 14.6. The molecule has 1 heterocycles. The standard InChI is InChI=1S/C21H22N4O5/c1-4-30-21(27)14-5-7-15(8-6-14)22-20(26)19-18(13-28-2)25(24-23-19)16-9-11-17(29-3)12-10-16/h5-12H,4,13H2,1-3H3,(H,22,26). The van der Waals surface area contributed by atoms with E-state index in [-0.39, 0.29) is 12.3 Å². The van der Waals surface area contributed by atoms with Crippen molar-refractivity contribution < 1.29 is 23.8 Å². The van der Waals surface area contributed by atoms with E-state index in [2.05, 4.69) is 15.6 Å². The fraction of sp³-hybridized carbons (Fsp3) is 0.238. The van der Waals surface area contributed by atoms with Crippen LogP contribution in [0.5, 0.6) is 5.75 Å². The molecular formula is C21H22N4O5. The van der Waals surface area contributed by atoms with Gasteiger partial charge in [-0.25, -0.2) is 9.48 Å². The third-order valence-corrected chi connectivity index (χ3v) is 4.23. The SMILES string of the molecule is CCOC(=O)c1ccc(NC(=O)c2nnn(-c3ccc(OC)cc3)c2COC)cc1. The van der Waals surface area contributed by atoms with Crippen LogP contribution in [-0.4, -0.2) is 47.7 Å². The van der Waals surface area contributed by atoms with Crippen molar-refractivity contribution in [2.24, 2.45) is 0 Å². The molecule has 3 rings (SSSR count). The van der Waals surface area contributed by atoms with Gasteiger partial charge >= 0.3 is 5.97 Å². The number of esters is 1. The zero-order valence-electron chi connectivity index (χ0n) is 16.9. The normalized spacial score (nSPS) is 10.5. The van der Waals surface area contributed by atoms with E-state index in [1.807, 2.05) is 12.1 Å². The molecule has 9 nitrogen and oxygen atoms in total. The van der Waals surface area contributed by atoms with Gasteiger partial charge in [0.2, 0.25) is 0 Å². The molecule has 9 heteroatoms. The van der Waals surface area contributed by atoms with Crippen molar-refractivity contribution in [2.75, 3.05) is 26.1 Å². The Labute approximate surface area is 173 Å². The lowest BCUT2D eigenvalue weighted by Crippen LogP contribution is -2.16. The number of aromatic nitrogens is 3. The molecular weight excluding hydrogens is 388 g/mol. The van der Waals surface area contributed by atoms with E-state index < -0.39 is 11.9 Å². The highest BCUT2D eigenvalue weighted by molar-refractivity contribution is 6.03. The van der Waals surface area contributed by atoms with Gasteiger partial charge in [0.05, 0.1) is 31.6 Å². The first-order valence-electron chi connectivity index (χ1n) is 9.23. The number of carbonyl (C=O) groups is 2. The quantitative estimate of drug-likeness (QED) is 0.569. The second kappa shape index (κ2) is 9.66. The molecule has 156 valence electrons. The smallest absolute Gasteiger partial charge is 0.338 e. The molecule has 0 aliphatic rings. The van der Waals surface area contributed by atoms with Crippen molar-refractivity contribution >= 4 is 17.6 Å². The van der Waals surface area contributed by atoms with E-state index >= 15 is 0 Å². The van der Waals surface area contributed by atoms with Crippen molar-refractivity contribution in [3.05, 3.63) is 65.5 Å². The average Bonchev–Trinajstić information content (AvgIpc) is 3.18. The van der Waals surface area contributed by atoms with E-state index in [4.69, 9.17) is 14.2 Å². The number of anilines is 1. The van der Waals surface area contributed by atoms with Crippen LogP contribution in [0.1, 0.15) is 33.5 Å². The maximum atomic E-state index is 12.8. The van der Waals surface area contributed by atoms with Gasteiger partial charge in [-0.2, -0.15) is 0 Å². The number of rotatable bonds is 8. The predicted molar refractivity (Wildman–Crippen MR) is 109 cm³/mol. The van der Waals surface area contributed by atoms with E-state index in [1.54, 1.807) is 55.1 Å². The number of methoxy groups -OCH3 is 2. The Balaban J connectivity index is 1.81. The summed E-state index contributed by atoms with van der Waals surface area (Å²) in [4.78, 5) is 24.5. The van der Waals surface area contributed by atoms with Crippen LogP contribution >= 0.6 is 0 Å². The van der Waals surface area contributed by atoms with E-state index in [1.165, 1.54) is 7.11 Å². The summed E-state index contributed by atoms with van der Waals surface area (Å²) in [7, 11) is 3.11. The molecule has 1 N–H and O–H groups in total. The molecule has 0 unspecified atom stereocenters. The van der Waals surface area contributed by atoms with Crippen molar-refractivity contribution in [3.63, 3.8) is 0 Å². The molecule has 0 saturated heterocycles. The summed E-state index contributed by atoms with van der Waals surface area (Å²) in [5.74, 6) is -0.151. The van der Waals surface area contributed by atoms with E-state index in [0.29, 0.717) is 35.0 Å². The molecule has 0 atom stereocenters. The molecule has 0 aliphatic carbocycles. The van der Waals surface area contributed by atoms with Crippen LogP contribution in [0.2, 0.25) is 0 Å². The van der Waals surface area contributed by atoms with Crippen LogP contribution in [0.15, 0.2) is 48.5 Å². The molecule has 3 aromatic rings. The van der Waals surface area contributed by atoms with Crippen LogP contribution in [0.3, 0.4) is 0 Å². The molecule has 0 aliphatic heterocycles. The first-order valence-corrected chi connectivity index (χ1v) is 9.23. The molecule has 1 aromatic heterocycles. The van der Waals surface area contributed by atoms with Crippen LogP contribution in [0, 0.1) is 0 Å². The van der Waals surface area contributed by atoms with Gasteiger partial charge in [-0.3, -0.25) is 4.79 Å². The molecule has 0 spiro atoms. The van der Waals surface area contributed by atoms with Crippen molar-refractivity contribution in [1.82, 2.24) is 15.0 Å². The van der Waals surface area contributed by atoms with Crippen LogP contribution < -0.4 is 10.1 Å². The zero-order chi connectivity index (χ0) is 21.5. The second-order valence-electron chi connectivity index (χ2n) is 6.18. The van der Waals surface area contributed by atoms with E-state index in [9.17, 15) is 9.59 Å². The van der Waals surface area contributed by atoms with Crippen molar-refractivity contribution in [3.8, 4) is 11.4 Å². The van der Waals surface area contributed by atoms with Crippen molar-refractivity contribution in [2.45, 2.75) is 13.5 Å². The largest absolute Gasteiger partial charge is 0.497 e. The van der Waals surface area contributed by atoms with Gasteiger partial charge in [0, 0.05) is 12.8 Å². The van der Waals surface area contributed by atoms with Gasteiger partial charge in [-0.15, -0.1) is 5.10 Å². The Morgan fingerprint density at radius 3 is 2.33 bits per heavy atom. The molecule has 2 aromatic carbocycles. The van der Waals surface area contributed by atoms with Crippen molar-refractivity contribution in [1.29, 1.82) is 0 Å². The molecule has 0 fully saturated rings. The summed E-state index contributed by atoms with van der Waals surface area (Å²) in [5, 5.41) is 10.9. The summed E-state index contributed by atoms with van der Waals surface area (Å²) in [6, 6.07) is 13.6. The number of benzene rings is 2. The lowest BCUT2D eigenvalue weighted by molar-refractivity contribution is 0.0526. The summed E-state index contributed by atoms with van der Waals surface area (Å²) in [6.07, 6.45) is 0. The minimum atomic E-state index is -0.439. The number of nitrogens with zero attached hydrogens (tertiary/aromatic N) is 3. The monoisotopic (exact) mass is 410 g/mol. The highest BCUT2D eigenvalue weighted by Gasteiger charge is 2.21. The molecule has 0 saturated carbocycles. The summed E-state index contributed by atoms with van der Waals surface area (Å²) in [6.45, 7) is 2.18. The fourth-order valence-corrected chi connectivity index (χ4v) is 2.77. The Kier molecular flexibility index (Phi) is 6.76. The number of amides is 1. The minimum absolute atomic E-state index is 0.141. The predicted octanol–water partition coefficient (Wildman–Crippen LogP) is 2.85. The van der Waals surface area contributed by atoms with Crippen LogP contribution in [0.4, 0.5) is 5.69 Å². The first kappa shape index (κ1) is 21.0. The Morgan fingerprint density at radius 2 is 1.73 bits per heavy atom. The van der Waals surface area contributed by atoms with Gasteiger partial charge in [0.1, 0.15) is 11.4 Å². The average molecular weight is 410 g/mol. The van der Waals surface area contributed by atoms with Crippen LogP contribution in [-0.2, 0) is 16.1 Å². The van der Waals surface area contributed by atoms with E-state index in [0.717, 1.165) is 0 Å². The highest BCUT2D eigenvalue weighted by atomic mass is 16.5. The van der Waals surface area contributed by atoms with Gasteiger partial charge in [-0.1, -0.05) is 5.21 Å². The maximum absolute atomic E-state index is 12.8. The van der Waals surface area contributed by atoms with Gasteiger partial charge in [0.25, 0.3) is 5.91 Å². The summed E-state index contributed by atoms with van der Waals surface area (Å²) in [5.41, 5.74) is 2.27. The molecule has 1 amide bonds. The molecule has 30 heavy (non-hydrogen) atoms. The lowest BCUT2D eigenvalue weighted by atomic mass is 10.2.